The number of hydrogen-bond donors (Lipinski definition) is 2. The monoisotopic (exact) mass is 574 g/mol. The lowest BCUT2D eigenvalue weighted by Gasteiger charge is -2.47. The van der Waals surface area contributed by atoms with Crippen LogP contribution in [-0.2, 0) is 16.7 Å². The normalized spacial score (nSPS) is 17.2. The van der Waals surface area contributed by atoms with Crippen molar-refractivity contribution in [1.82, 2.24) is 10.5 Å². The summed E-state index contributed by atoms with van der Waals surface area (Å²) in [6, 6.07) is 46.7. The summed E-state index contributed by atoms with van der Waals surface area (Å²) in [7, 11) is 0. The summed E-state index contributed by atoms with van der Waals surface area (Å²) in [4.78, 5) is 0. The van der Waals surface area contributed by atoms with Crippen molar-refractivity contribution >= 4 is 15.9 Å². The molecule has 1 heterocycles. The molecule has 0 fully saturated rings. The van der Waals surface area contributed by atoms with Gasteiger partial charge in [-0.25, -0.2) is 5.53 Å². The number of rotatable bonds is 7. The molecule has 1 aliphatic heterocycles. The van der Waals surface area contributed by atoms with E-state index < -0.39 is 11.4 Å². The number of benzene rings is 5. The van der Waals surface area contributed by atoms with Crippen LogP contribution < -0.4 is 5.53 Å². The standard InChI is InChI=1S/C33H27BrN4O/c34-24-25-21-22-30(26-13-5-1-6-14-26)31(23-25)33(39)35-36-37-38(33)32(27-15-7-2-8-16-27,28-17-9-3-10-18-28)29-19-11-4-12-20-29/h1-23,39H,24H2,(H,35,37). The Balaban J connectivity index is 1.67. The molecule has 0 spiro atoms. The van der Waals surface area contributed by atoms with Crippen molar-refractivity contribution in [2.45, 2.75) is 16.7 Å². The highest BCUT2D eigenvalue weighted by molar-refractivity contribution is 9.08. The van der Waals surface area contributed by atoms with Gasteiger partial charge in [0.2, 0.25) is 0 Å². The topological polar surface area (TPSA) is 60.2 Å². The molecule has 5 nitrogen and oxygen atoms in total. The predicted molar refractivity (Wildman–Crippen MR) is 157 cm³/mol. The Morgan fingerprint density at radius 1 is 0.692 bits per heavy atom. The maximum atomic E-state index is 12.8. The van der Waals surface area contributed by atoms with Gasteiger partial charge in [-0.3, -0.25) is 0 Å². The van der Waals surface area contributed by atoms with Gasteiger partial charge in [0.25, 0.3) is 5.85 Å². The molecule has 39 heavy (non-hydrogen) atoms. The van der Waals surface area contributed by atoms with Crippen molar-refractivity contribution in [3.63, 3.8) is 0 Å². The van der Waals surface area contributed by atoms with Crippen LogP contribution in [-0.4, -0.2) is 10.1 Å². The third kappa shape index (κ3) is 4.27. The zero-order chi connectivity index (χ0) is 26.7. The highest BCUT2D eigenvalue weighted by Crippen LogP contribution is 2.50. The van der Waals surface area contributed by atoms with Crippen LogP contribution in [0.5, 0.6) is 0 Å². The summed E-state index contributed by atoms with van der Waals surface area (Å²) >= 11 is 3.60. The molecule has 1 unspecified atom stereocenters. The van der Waals surface area contributed by atoms with E-state index in [1.807, 2.05) is 97.1 Å². The van der Waals surface area contributed by atoms with Crippen LogP contribution in [0, 0.1) is 0 Å². The molecule has 192 valence electrons. The maximum Gasteiger partial charge on any atom is 0.284 e. The van der Waals surface area contributed by atoms with Crippen molar-refractivity contribution in [2.24, 2.45) is 10.3 Å². The second-order valence-corrected chi connectivity index (χ2v) is 10.0. The Kier molecular flexibility index (Phi) is 6.83. The van der Waals surface area contributed by atoms with Crippen LogP contribution in [0.1, 0.15) is 27.8 Å². The van der Waals surface area contributed by atoms with Crippen LogP contribution >= 0.6 is 15.9 Å². The molecule has 0 radical (unpaired) electrons. The Labute approximate surface area is 236 Å². The number of alkyl halides is 1. The minimum Gasteiger partial charge on any atom is -0.351 e. The molecule has 0 aromatic heterocycles. The zero-order valence-electron chi connectivity index (χ0n) is 21.2. The number of aliphatic hydroxyl groups is 1. The molecule has 1 aliphatic rings. The summed E-state index contributed by atoms with van der Waals surface area (Å²) < 4.78 is 0. The van der Waals surface area contributed by atoms with Gasteiger partial charge in [0, 0.05) is 10.9 Å². The van der Waals surface area contributed by atoms with E-state index in [0.717, 1.165) is 33.4 Å². The number of hydrazine groups is 1. The van der Waals surface area contributed by atoms with Crippen LogP contribution in [0.4, 0.5) is 0 Å². The first-order valence-electron chi connectivity index (χ1n) is 12.8. The van der Waals surface area contributed by atoms with Gasteiger partial charge in [0.15, 0.2) is 0 Å². The fraction of sp³-hybridized carbons (Fsp3) is 0.0909. The first-order chi connectivity index (χ1) is 19.2. The highest BCUT2D eigenvalue weighted by atomic mass is 79.9. The smallest absolute Gasteiger partial charge is 0.284 e. The van der Waals surface area contributed by atoms with Gasteiger partial charge in [-0.05, 0) is 39.4 Å². The summed E-state index contributed by atoms with van der Waals surface area (Å²) in [5.74, 6) is -1.86. The molecular formula is C33H27BrN4O. The largest absolute Gasteiger partial charge is 0.351 e. The fourth-order valence-corrected chi connectivity index (χ4v) is 5.83. The number of nitrogens with zero attached hydrogens (tertiary/aromatic N) is 3. The lowest BCUT2D eigenvalue weighted by molar-refractivity contribution is -0.150. The number of nitrogens with one attached hydrogen (secondary N) is 1. The van der Waals surface area contributed by atoms with Crippen molar-refractivity contribution in [1.29, 1.82) is 0 Å². The molecule has 0 saturated heterocycles. The molecule has 6 rings (SSSR count). The van der Waals surface area contributed by atoms with E-state index in [9.17, 15) is 5.11 Å². The van der Waals surface area contributed by atoms with E-state index in [1.165, 1.54) is 0 Å². The van der Waals surface area contributed by atoms with Crippen molar-refractivity contribution in [2.75, 3.05) is 0 Å². The Morgan fingerprint density at radius 3 is 1.67 bits per heavy atom. The van der Waals surface area contributed by atoms with E-state index >= 15 is 0 Å². The highest BCUT2D eigenvalue weighted by Gasteiger charge is 2.56. The summed E-state index contributed by atoms with van der Waals surface area (Å²) in [5.41, 5.74) is 8.50. The Hall–Kier alpha value is -4.10. The van der Waals surface area contributed by atoms with Gasteiger partial charge in [-0.15, -0.1) is 10.1 Å². The maximum absolute atomic E-state index is 12.8. The van der Waals surface area contributed by atoms with E-state index in [4.69, 9.17) is 0 Å². The van der Waals surface area contributed by atoms with Gasteiger partial charge >= 0.3 is 0 Å². The van der Waals surface area contributed by atoms with Gasteiger partial charge in [0.1, 0.15) is 5.54 Å². The molecule has 0 saturated carbocycles. The van der Waals surface area contributed by atoms with E-state index in [-0.39, 0.29) is 0 Å². The van der Waals surface area contributed by atoms with Crippen molar-refractivity contribution in [3.8, 4) is 11.1 Å². The summed E-state index contributed by atoms with van der Waals surface area (Å²) in [6.07, 6.45) is 0. The molecule has 0 bridgehead atoms. The molecule has 6 heteroatoms. The molecular weight excluding hydrogens is 548 g/mol. The average molecular weight is 576 g/mol. The molecule has 5 aromatic carbocycles. The van der Waals surface area contributed by atoms with Gasteiger partial charge in [-0.2, -0.15) is 0 Å². The summed E-state index contributed by atoms with van der Waals surface area (Å²) in [5, 5.41) is 24.0. The second-order valence-electron chi connectivity index (χ2n) is 9.46. The lowest BCUT2D eigenvalue weighted by Crippen LogP contribution is -2.59. The Bertz CT molecular complexity index is 1480. The minimum atomic E-state index is -1.86. The third-order valence-corrected chi connectivity index (χ3v) is 7.89. The molecule has 0 amide bonds. The first-order valence-corrected chi connectivity index (χ1v) is 13.9. The van der Waals surface area contributed by atoms with Gasteiger partial charge < -0.3 is 5.11 Å². The summed E-state index contributed by atoms with van der Waals surface area (Å²) in [6.45, 7) is 0. The molecule has 2 N–H and O–H groups in total. The SMILES string of the molecule is OC1(c2cc(CBr)ccc2-c2ccccc2)N=NNN1C(c1ccccc1)(c1ccccc1)c1ccccc1. The van der Waals surface area contributed by atoms with Crippen LogP contribution in [0.25, 0.3) is 11.1 Å². The zero-order valence-corrected chi connectivity index (χ0v) is 22.7. The fourth-order valence-electron chi connectivity index (χ4n) is 5.48. The van der Waals surface area contributed by atoms with E-state index in [1.54, 1.807) is 5.01 Å². The third-order valence-electron chi connectivity index (χ3n) is 7.24. The molecule has 0 aliphatic carbocycles. The quantitative estimate of drug-likeness (QED) is 0.156. The van der Waals surface area contributed by atoms with Crippen LogP contribution in [0.2, 0.25) is 0 Å². The van der Waals surface area contributed by atoms with Crippen molar-refractivity contribution in [3.05, 3.63) is 167 Å². The molecule has 5 aromatic rings. The number of hydrogen-bond acceptors (Lipinski definition) is 5. The van der Waals surface area contributed by atoms with Crippen LogP contribution in [0.3, 0.4) is 0 Å². The van der Waals surface area contributed by atoms with E-state index in [2.05, 4.69) is 74.3 Å². The average Bonchev–Trinajstić information content (AvgIpc) is 3.42. The van der Waals surface area contributed by atoms with Crippen molar-refractivity contribution < 1.29 is 5.11 Å². The Morgan fingerprint density at radius 2 is 1.18 bits per heavy atom. The van der Waals surface area contributed by atoms with Gasteiger partial charge in [-0.1, -0.05) is 155 Å². The van der Waals surface area contributed by atoms with Crippen LogP contribution in [0.15, 0.2) is 150 Å². The van der Waals surface area contributed by atoms with Gasteiger partial charge in [0.05, 0.1) is 0 Å². The first kappa shape index (κ1) is 25.2. The number of halogens is 1. The van der Waals surface area contributed by atoms with E-state index in [0.29, 0.717) is 10.9 Å². The minimum absolute atomic E-state index is 0.631. The lowest BCUT2D eigenvalue weighted by atomic mass is 9.75. The predicted octanol–water partition coefficient (Wildman–Crippen LogP) is 7.53. The molecule has 1 atom stereocenters. The second kappa shape index (κ2) is 10.6.